The van der Waals surface area contributed by atoms with Crippen LogP contribution in [-0.4, -0.2) is 31.6 Å². The highest BCUT2D eigenvalue weighted by atomic mass is 79.9. The van der Waals surface area contributed by atoms with Crippen LogP contribution in [0.2, 0.25) is 0 Å². The molecule has 98 valence electrons. The Hall–Kier alpha value is 0.100. The molecule has 0 saturated heterocycles. The second kappa shape index (κ2) is 6.88. The number of hydrogen-bond donors (Lipinski definition) is 1. The fourth-order valence-corrected chi connectivity index (χ4v) is 3.53. The standard InChI is InChI=1S/C13H23BrN2S/c1-9(2)13(16(4)5)8-15-7-11-6-12(14)10(3)17-11/h6,9,13,15H,7-8H2,1-5H3. The number of nitrogens with one attached hydrogen (secondary N) is 1. The molecule has 1 N–H and O–H groups in total. The minimum Gasteiger partial charge on any atom is -0.310 e. The first-order valence-corrected chi connectivity index (χ1v) is 7.64. The largest absolute Gasteiger partial charge is 0.310 e. The van der Waals surface area contributed by atoms with E-state index in [-0.39, 0.29) is 0 Å². The summed E-state index contributed by atoms with van der Waals surface area (Å²) in [5.41, 5.74) is 0. The Kier molecular flexibility index (Phi) is 6.13. The van der Waals surface area contributed by atoms with Gasteiger partial charge in [-0.25, -0.2) is 0 Å². The quantitative estimate of drug-likeness (QED) is 0.863. The van der Waals surface area contributed by atoms with Crippen molar-refractivity contribution in [2.45, 2.75) is 33.4 Å². The van der Waals surface area contributed by atoms with E-state index in [4.69, 9.17) is 0 Å². The average molecular weight is 319 g/mol. The van der Waals surface area contributed by atoms with Gasteiger partial charge in [0.05, 0.1) is 0 Å². The van der Waals surface area contributed by atoms with Crippen molar-refractivity contribution in [3.63, 3.8) is 0 Å². The summed E-state index contributed by atoms with van der Waals surface area (Å²) < 4.78 is 1.23. The molecule has 0 aromatic carbocycles. The topological polar surface area (TPSA) is 15.3 Å². The van der Waals surface area contributed by atoms with Gasteiger partial charge in [-0.3, -0.25) is 0 Å². The van der Waals surface area contributed by atoms with Gasteiger partial charge in [0.15, 0.2) is 0 Å². The minimum absolute atomic E-state index is 0.597. The number of nitrogens with zero attached hydrogens (tertiary/aromatic N) is 1. The van der Waals surface area contributed by atoms with E-state index in [2.05, 4.69) is 67.1 Å². The SMILES string of the molecule is Cc1sc(CNCC(C(C)C)N(C)C)cc1Br. The van der Waals surface area contributed by atoms with Crippen LogP contribution in [-0.2, 0) is 6.54 Å². The zero-order valence-corrected chi connectivity index (χ0v) is 13.8. The number of halogens is 1. The molecule has 1 aromatic rings. The van der Waals surface area contributed by atoms with E-state index in [0.717, 1.165) is 13.1 Å². The molecule has 0 aliphatic rings. The number of hydrogen-bond acceptors (Lipinski definition) is 3. The van der Waals surface area contributed by atoms with Gasteiger partial charge in [-0.15, -0.1) is 11.3 Å². The van der Waals surface area contributed by atoms with E-state index in [9.17, 15) is 0 Å². The summed E-state index contributed by atoms with van der Waals surface area (Å²) in [6.45, 7) is 8.71. The van der Waals surface area contributed by atoms with Crippen LogP contribution in [0.5, 0.6) is 0 Å². The molecule has 0 aliphatic heterocycles. The fourth-order valence-electron chi connectivity index (χ4n) is 1.96. The van der Waals surface area contributed by atoms with Crippen molar-refractivity contribution < 1.29 is 0 Å². The third-order valence-corrected chi connectivity index (χ3v) is 5.13. The summed E-state index contributed by atoms with van der Waals surface area (Å²) in [6.07, 6.45) is 0. The summed E-state index contributed by atoms with van der Waals surface area (Å²) in [7, 11) is 4.30. The van der Waals surface area contributed by atoms with Crippen LogP contribution in [0.1, 0.15) is 23.6 Å². The normalized spacial score (nSPS) is 13.6. The van der Waals surface area contributed by atoms with Crippen molar-refractivity contribution in [1.29, 1.82) is 0 Å². The molecule has 1 heterocycles. The third kappa shape index (κ3) is 4.70. The molecule has 2 nitrogen and oxygen atoms in total. The first-order chi connectivity index (χ1) is 7.91. The third-order valence-electron chi connectivity index (χ3n) is 2.99. The highest BCUT2D eigenvalue weighted by Gasteiger charge is 2.15. The number of aryl methyl sites for hydroxylation is 1. The lowest BCUT2D eigenvalue weighted by Crippen LogP contribution is -2.41. The Bertz CT molecular complexity index is 320. The molecule has 0 aliphatic carbocycles. The first-order valence-electron chi connectivity index (χ1n) is 6.03. The van der Waals surface area contributed by atoms with Crippen LogP contribution in [0.15, 0.2) is 10.5 Å². The molecular formula is C13H23BrN2S. The molecule has 0 radical (unpaired) electrons. The van der Waals surface area contributed by atoms with Gasteiger partial charge in [0.2, 0.25) is 0 Å². The summed E-state index contributed by atoms with van der Waals surface area (Å²) in [5.74, 6) is 0.675. The van der Waals surface area contributed by atoms with Crippen molar-refractivity contribution in [3.05, 3.63) is 20.3 Å². The van der Waals surface area contributed by atoms with Crippen LogP contribution in [0.3, 0.4) is 0 Å². The van der Waals surface area contributed by atoms with Gasteiger partial charge < -0.3 is 10.2 Å². The Balaban J connectivity index is 2.41. The second-order valence-electron chi connectivity index (χ2n) is 5.02. The molecule has 17 heavy (non-hydrogen) atoms. The zero-order chi connectivity index (χ0) is 13.0. The maximum absolute atomic E-state index is 3.56. The highest BCUT2D eigenvalue weighted by Crippen LogP contribution is 2.26. The Morgan fingerprint density at radius 3 is 2.47 bits per heavy atom. The summed E-state index contributed by atoms with van der Waals surface area (Å²) in [4.78, 5) is 5.05. The van der Waals surface area contributed by atoms with Gasteiger partial charge >= 0.3 is 0 Å². The zero-order valence-electron chi connectivity index (χ0n) is 11.4. The fraction of sp³-hybridized carbons (Fsp3) is 0.692. The Morgan fingerprint density at radius 2 is 2.06 bits per heavy atom. The van der Waals surface area contributed by atoms with Crippen molar-refractivity contribution >= 4 is 27.3 Å². The predicted molar refractivity (Wildman–Crippen MR) is 80.8 cm³/mol. The first kappa shape index (κ1) is 15.2. The molecule has 1 atom stereocenters. The van der Waals surface area contributed by atoms with Crippen LogP contribution in [0.4, 0.5) is 0 Å². The molecular weight excluding hydrogens is 296 g/mol. The maximum atomic E-state index is 3.56. The molecule has 0 bridgehead atoms. The molecule has 0 fully saturated rings. The van der Waals surface area contributed by atoms with Gasteiger partial charge in [-0.2, -0.15) is 0 Å². The number of rotatable bonds is 6. The molecule has 4 heteroatoms. The van der Waals surface area contributed by atoms with Crippen LogP contribution >= 0.6 is 27.3 Å². The van der Waals surface area contributed by atoms with Crippen LogP contribution in [0.25, 0.3) is 0 Å². The van der Waals surface area contributed by atoms with Crippen molar-refractivity contribution in [2.24, 2.45) is 5.92 Å². The van der Waals surface area contributed by atoms with E-state index >= 15 is 0 Å². The molecule has 1 aromatic heterocycles. The van der Waals surface area contributed by atoms with Gasteiger partial charge in [-0.1, -0.05) is 13.8 Å². The minimum atomic E-state index is 0.597. The van der Waals surface area contributed by atoms with Gasteiger partial charge in [0.25, 0.3) is 0 Å². The number of likely N-dealkylation sites (N-methyl/N-ethyl adjacent to an activating group) is 1. The second-order valence-corrected chi connectivity index (χ2v) is 7.22. The molecule has 1 rings (SSSR count). The lowest BCUT2D eigenvalue weighted by atomic mass is 10.0. The monoisotopic (exact) mass is 318 g/mol. The van der Waals surface area contributed by atoms with Gasteiger partial charge in [0.1, 0.15) is 0 Å². The van der Waals surface area contributed by atoms with Crippen LogP contribution in [0, 0.1) is 12.8 Å². The smallest absolute Gasteiger partial charge is 0.0314 e. The Labute approximate surface area is 118 Å². The van der Waals surface area contributed by atoms with E-state index in [1.807, 2.05) is 11.3 Å². The van der Waals surface area contributed by atoms with E-state index < -0.39 is 0 Å². The van der Waals surface area contributed by atoms with Crippen LogP contribution < -0.4 is 5.32 Å². The lowest BCUT2D eigenvalue weighted by molar-refractivity contribution is 0.224. The Morgan fingerprint density at radius 1 is 1.41 bits per heavy atom. The van der Waals surface area contributed by atoms with Gasteiger partial charge in [-0.05, 0) is 48.9 Å². The van der Waals surface area contributed by atoms with E-state index in [0.29, 0.717) is 12.0 Å². The molecule has 0 saturated carbocycles. The lowest BCUT2D eigenvalue weighted by Gasteiger charge is -2.28. The summed E-state index contributed by atoms with van der Waals surface area (Å²) in [5, 5.41) is 3.55. The van der Waals surface area contributed by atoms with Crippen molar-refractivity contribution in [3.8, 4) is 0 Å². The number of thiophene rings is 1. The maximum Gasteiger partial charge on any atom is 0.0314 e. The predicted octanol–water partition coefficient (Wildman–Crippen LogP) is 3.49. The van der Waals surface area contributed by atoms with Gasteiger partial charge in [0, 0.05) is 33.4 Å². The summed E-state index contributed by atoms with van der Waals surface area (Å²) in [6, 6.07) is 2.81. The molecule has 0 spiro atoms. The molecule has 1 unspecified atom stereocenters. The highest BCUT2D eigenvalue weighted by molar-refractivity contribution is 9.10. The van der Waals surface area contributed by atoms with Crippen molar-refractivity contribution in [1.82, 2.24) is 10.2 Å². The van der Waals surface area contributed by atoms with E-state index in [1.165, 1.54) is 14.2 Å². The van der Waals surface area contributed by atoms with Crippen molar-refractivity contribution in [2.75, 3.05) is 20.6 Å². The van der Waals surface area contributed by atoms with E-state index in [1.54, 1.807) is 0 Å². The molecule has 0 amide bonds. The average Bonchev–Trinajstić information content (AvgIpc) is 2.52. The summed E-state index contributed by atoms with van der Waals surface area (Å²) >= 11 is 5.42.